The summed E-state index contributed by atoms with van der Waals surface area (Å²) in [5.74, 6) is 0.154. The molecule has 0 saturated heterocycles. The van der Waals surface area contributed by atoms with E-state index in [1.807, 2.05) is 0 Å². The predicted molar refractivity (Wildman–Crippen MR) is 67.4 cm³/mol. The van der Waals surface area contributed by atoms with Crippen LogP contribution in [0.2, 0.25) is 5.02 Å². The van der Waals surface area contributed by atoms with Crippen molar-refractivity contribution >= 4 is 23.9 Å². The first-order valence-corrected chi connectivity index (χ1v) is 5.48. The van der Waals surface area contributed by atoms with Gasteiger partial charge in [-0.2, -0.15) is 5.10 Å². The number of benzene rings is 1. The number of ether oxygens (including phenoxy) is 2. The maximum Gasteiger partial charge on any atom is 0.427 e. The van der Waals surface area contributed by atoms with Crippen LogP contribution in [0.15, 0.2) is 17.2 Å². The molecule has 2 N–H and O–H groups in total. The number of hydrogen-bond acceptors (Lipinski definition) is 5. The number of nitrogens with zero attached hydrogens (tertiary/aromatic N) is 1. The van der Waals surface area contributed by atoms with Crippen molar-refractivity contribution in [1.82, 2.24) is 5.43 Å². The van der Waals surface area contributed by atoms with Gasteiger partial charge in [-0.1, -0.05) is 11.6 Å². The summed E-state index contributed by atoms with van der Waals surface area (Å²) < 4.78 is 9.53. The molecule has 98 valence electrons. The maximum absolute atomic E-state index is 10.8. The summed E-state index contributed by atoms with van der Waals surface area (Å²) in [6.07, 6.45) is 0.526. The van der Waals surface area contributed by atoms with Gasteiger partial charge in [0.15, 0.2) is 11.5 Å². The van der Waals surface area contributed by atoms with Gasteiger partial charge in [0.1, 0.15) is 0 Å². The van der Waals surface area contributed by atoms with Crippen molar-refractivity contribution in [2.45, 2.75) is 6.92 Å². The van der Waals surface area contributed by atoms with E-state index in [4.69, 9.17) is 16.3 Å². The zero-order valence-corrected chi connectivity index (χ0v) is 10.7. The number of hydrazone groups is 1. The van der Waals surface area contributed by atoms with Crippen LogP contribution >= 0.6 is 11.6 Å². The molecule has 0 heterocycles. The molecule has 0 radical (unpaired) electrons. The van der Waals surface area contributed by atoms with Gasteiger partial charge in [-0.05, 0) is 13.0 Å². The first-order valence-electron chi connectivity index (χ1n) is 5.10. The van der Waals surface area contributed by atoms with Crippen molar-refractivity contribution in [3.8, 4) is 11.5 Å². The molecule has 0 atom stereocenters. The zero-order chi connectivity index (χ0) is 13.5. The number of nitrogens with one attached hydrogen (secondary N) is 1. The number of phenols is 1. The summed E-state index contributed by atoms with van der Waals surface area (Å²) >= 11 is 5.86. The van der Waals surface area contributed by atoms with Crippen LogP contribution in [-0.4, -0.2) is 31.1 Å². The quantitative estimate of drug-likeness (QED) is 0.650. The standard InChI is InChI=1S/C11H13ClN2O4/c1-3-18-9-5-8(12)4-7(10(9)15)6-13-14-11(16)17-2/h4-6,15H,3H2,1-2H3,(H,14,16)/b13-6+. The van der Waals surface area contributed by atoms with Gasteiger partial charge in [0, 0.05) is 16.7 Å². The maximum atomic E-state index is 10.8. The van der Waals surface area contributed by atoms with E-state index >= 15 is 0 Å². The number of carbonyl (C=O) groups is 1. The highest BCUT2D eigenvalue weighted by Gasteiger charge is 2.09. The average Bonchev–Trinajstić information content (AvgIpc) is 2.34. The van der Waals surface area contributed by atoms with E-state index in [0.717, 1.165) is 0 Å². The summed E-state index contributed by atoms with van der Waals surface area (Å²) in [6, 6.07) is 2.98. The highest BCUT2D eigenvalue weighted by Crippen LogP contribution is 2.32. The minimum atomic E-state index is -0.710. The van der Waals surface area contributed by atoms with E-state index in [1.54, 1.807) is 6.92 Å². The summed E-state index contributed by atoms with van der Waals surface area (Å²) in [5, 5.41) is 13.8. The molecule has 1 aromatic rings. The molecule has 18 heavy (non-hydrogen) atoms. The molecule has 0 spiro atoms. The second-order valence-electron chi connectivity index (χ2n) is 3.14. The second-order valence-corrected chi connectivity index (χ2v) is 3.57. The fraction of sp³-hybridized carbons (Fsp3) is 0.273. The Bertz CT molecular complexity index is 463. The van der Waals surface area contributed by atoms with Crippen molar-refractivity contribution in [3.63, 3.8) is 0 Å². The molecule has 0 fully saturated rings. The topological polar surface area (TPSA) is 80.2 Å². The van der Waals surface area contributed by atoms with E-state index in [9.17, 15) is 9.90 Å². The van der Waals surface area contributed by atoms with Gasteiger partial charge < -0.3 is 14.6 Å². The van der Waals surface area contributed by atoms with E-state index < -0.39 is 6.09 Å². The summed E-state index contributed by atoms with van der Waals surface area (Å²) in [7, 11) is 1.22. The fourth-order valence-electron chi connectivity index (χ4n) is 1.16. The molecule has 7 heteroatoms. The van der Waals surface area contributed by atoms with Gasteiger partial charge in [-0.3, -0.25) is 0 Å². The number of aromatic hydroxyl groups is 1. The monoisotopic (exact) mass is 272 g/mol. The van der Waals surface area contributed by atoms with Crippen LogP contribution in [-0.2, 0) is 4.74 Å². The molecular formula is C11H13ClN2O4. The molecule has 1 aromatic carbocycles. The van der Waals surface area contributed by atoms with E-state index in [2.05, 4.69) is 15.3 Å². The Morgan fingerprint density at radius 3 is 2.94 bits per heavy atom. The lowest BCUT2D eigenvalue weighted by Crippen LogP contribution is -2.16. The number of rotatable bonds is 4. The molecule has 6 nitrogen and oxygen atoms in total. The average molecular weight is 273 g/mol. The molecule has 0 aromatic heterocycles. The minimum Gasteiger partial charge on any atom is -0.504 e. The van der Waals surface area contributed by atoms with Gasteiger partial charge in [-0.25, -0.2) is 10.2 Å². The summed E-state index contributed by atoms with van der Waals surface area (Å²) in [5.41, 5.74) is 2.41. The molecule has 0 aliphatic rings. The Kier molecular flexibility index (Phi) is 5.26. The van der Waals surface area contributed by atoms with Crippen LogP contribution in [0.1, 0.15) is 12.5 Å². The van der Waals surface area contributed by atoms with Crippen molar-refractivity contribution in [3.05, 3.63) is 22.7 Å². The predicted octanol–water partition coefficient (Wildman–Crippen LogP) is 2.13. The number of hydrogen-bond donors (Lipinski definition) is 2. The van der Waals surface area contributed by atoms with Crippen LogP contribution in [0.5, 0.6) is 11.5 Å². The molecule has 0 unspecified atom stereocenters. The van der Waals surface area contributed by atoms with Gasteiger partial charge >= 0.3 is 6.09 Å². The minimum absolute atomic E-state index is 0.100. The number of carbonyl (C=O) groups excluding carboxylic acids is 1. The molecule has 0 bridgehead atoms. The molecule has 0 aliphatic carbocycles. The number of methoxy groups -OCH3 is 1. The lowest BCUT2D eigenvalue weighted by molar-refractivity contribution is 0.171. The first kappa shape index (κ1) is 14.1. The van der Waals surface area contributed by atoms with Crippen molar-refractivity contribution < 1.29 is 19.4 Å². The highest BCUT2D eigenvalue weighted by molar-refractivity contribution is 6.31. The Morgan fingerprint density at radius 2 is 2.33 bits per heavy atom. The second kappa shape index (κ2) is 6.70. The van der Waals surface area contributed by atoms with E-state index in [0.29, 0.717) is 17.2 Å². The van der Waals surface area contributed by atoms with Gasteiger partial charge in [0.2, 0.25) is 0 Å². The van der Waals surface area contributed by atoms with Crippen LogP contribution in [0.4, 0.5) is 4.79 Å². The van der Waals surface area contributed by atoms with Crippen LogP contribution in [0.25, 0.3) is 0 Å². The number of halogens is 1. The van der Waals surface area contributed by atoms with Gasteiger partial charge in [0.25, 0.3) is 0 Å². The van der Waals surface area contributed by atoms with Crippen LogP contribution in [0, 0.1) is 0 Å². The lowest BCUT2D eigenvalue weighted by Gasteiger charge is -2.08. The molecule has 0 saturated carbocycles. The van der Waals surface area contributed by atoms with Crippen molar-refractivity contribution in [2.24, 2.45) is 5.10 Å². The third kappa shape index (κ3) is 3.81. The first-order chi connectivity index (χ1) is 8.58. The SMILES string of the molecule is CCOc1cc(Cl)cc(/C=N/NC(=O)OC)c1O. The van der Waals surface area contributed by atoms with Gasteiger partial charge in [-0.15, -0.1) is 0 Å². The molecule has 1 amide bonds. The van der Waals surface area contributed by atoms with Crippen molar-refractivity contribution in [1.29, 1.82) is 0 Å². The normalized spacial score (nSPS) is 10.4. The highest BCUT2D eigenvalue weighted by atomic mass is 35.5. The fourth-order valence-corrected chi connectivity index (χ4v) is 1.38. The smallest absolute Gasteiger partial charge is 0.427 e. The molecular weight excluding hydrogens is 260 g/mol. The zero-order valence-electron chi connectivity index (χ0n) is 9.94. The van der Waals surface area contributed by atoms with Crippen molar-refractivity contribution in [2.75, 3.05) is 13.7 Å². The Balaban J connectivity index is 2.91. The molecule has 0 aliphatic heterocycles. The largest absolute Gasteiger partial charge is 0.504 e. The lowest BCUT2D eigenvalue weighted by atomic mass is 10.2. The summed E-state index contributed by atoms with van der Waals surface area (Å²) in [4.78, 5) is 10.8. The third-order valence-electron chi connectivity index (χ3n) is 1.91. The Labute approximate surface area is 109 Å². The Hall–Kier alpha value is -1.95. The van der Waals surface area contributed by atoms with Crippen LogP contribution < -0.4 is 10.2 Å². The Morgan fingerprint density at radius 1 is 1.61 bits per heavy atom. The van der Waals surface area contributed by atoms with E-state index in [-0.39, 0.29) is 11.5 Å². The van der Waals surface area contributed by atoms with Gasteiger partial charge in [0.05, 0.1) is 19.9 Å². The number of phenolic OH excluding ortho intramolecular Hbond substituents is 1. The number of amides is 1. The molecule has 1 rings (SSSR count). The summed E-state index contributed by atoms with van der Waals surface area (Å²) in [6.45, 7) is 2.18. The van der Waals surface area contributed by atoms with Crippen LogP contribution in [0.3, 0.4) is 0 Å². The third-order valence-corrected chi connectivity index (χ3v) is 2.13. The van der Waals surface area contributed by atoms with E-state index in [1.165, 1.54) is 25.5 Å².